The van der Waals surface area contributed by atoms with Gasteiger partial charge in [0.15, 0.2) is 0 Å². The van der Waals surface area contributed by atoms with Gasteiger partial charge < -0.3 is 10.1 Å². The second-order valence-corrected chi connectivity index (χ2v) is 6.29. The predicted octanol–water partition coefficient (Wildman–Crippen LogP) is 3.90. The van der Waals surface area contributed by atoms with E-state index in [9.17, 15) is 18.0 Å². The number of carbonyl (C=O) groups is 1. The SMILES string of the molecule is COC(=O)C1=C(c2ccccc2)Nc2ncnn2[C@H]1c1ccccc1C(F)(F)F. The Hall–Kier alpha value is -3.62. The summed E-state index contributed by atoms with van der Waals surface area (Å²) in [5.74, 6) is -0.544. The van der Waals surface area contributed by atoms with E-state index >= 15 is 0 Å². The molecular weight excluding hydrogens is 385 g/mol. The zero-order chi connectivity index (χ0) is 20.6. The van der Waals surface area contributed by atoms with Crippen molar-refractivity contribution in [2.75, 3.05) is 12.4 Å². The van der Waals surface area contributed by atoms with Crippen molar-refractivity contribution in [1.82, 2.24) is 14.8 Å². The first-order valence-corrected chi connectivity index (χ1v) is 8.62. The minimum Gasteiger partial charge on any atom is -0.466 e. The van der Waals surface area contributed by atoms with E-state index in [0.717, 1.165) is 6.07 Å². The van der Waals surface area contributed by atoms with Gasteiger partial charge in [0.05, 0.1) is 23.9 Å². The molecule has 1 aliphatic heterocycles. The van der Waals surface area contributed by atoms with E-state index in [2.05, 4.69) is 15.4 Å². The Morgan fingerprint density at radius 1 is 1.10 bits per heavy atom. The molecule has 4 rings (SSSR count). The Balaban J connectivity index is 2.03. The van der Waals surface area contributed by atoms with Gasteiger partial charge in [-0.05, 0) is 17.2 Å². The van der Waals surface area contributed by atoms with E-state index in [1.807, 2.05) is 0 Å². The molecular formula is C20H15F3N4O2. The van der Waals surface area contributed by atoms with Gasteiger partial charge in [0.25, 0.3) is 0 Å². The predicted molar refractivity (Wildman–Crippen MR) is 98.6 cm³/mol. The van der Waals surface area contributed by atoms with Gasteiger partial charge in [0.1, 0.15) is 12.4 Å². The number of carbonyl (C=O) groups excluding carboxylic acids is 1. The maximum absolute atomic E-state index is 13.7. The number of hydrogen-bond donors (Lipinski definition) is 1. The Labute approximate surface area is 163 Å². The highest BCUT2D eigenvalue weighted by molar-refractivity contribution is 6.02. The summed E-state index contributed by atoms with van der Waals surface area (Å²) in [7, 11) is 1.18. The molecule has 3 aromatic rings. The molecule has 1 atom stereocenters. The molecule has 2 heterocycles. The number of ether oxygens (including phenoxy) is 1. The average Bonchev–Trinajstić information content (AvgIpc) is 3.20. The number of hydrogen-bond acceptors (Lipinski definition) is 5. The third kappa shape index (κ3) is 3.24. The van der Waals surface area contributed by atoms with Crippen molar-refractivity contribution in [3.8, 4) is 0 Å². The summed E-state index contributed by atoms with van der Waals surface area (Å²) in [6.07, 6.45) is -3.40. The number of nitrogens with zero attached hydrogens (tertiary/aromatic N) is 3. The van der Waals surface area contributed by atoms with Crippen molar-refractivity contribution < 1.29 is 22.7 Å². The fraction of sp³-hybridized carbons (Fsp3) is 0.150. The number of halogens is 3. The Morgan fingerprint density at radius 2 is 1.79 bits per heavy atom. The topological polar surface area (TPSA) is 69.0 Å². The normalized spacial score (nSPS) is 16.2. The summed E-state index contributed by atoms with van der Waals surface area (Å²) in [5.41, 5.74) is -0.0470. The van der Waals surface area contributed by atoms with Gasteiger partial charge in [0.2, 0.25) is 5.95 Å². The van der Waals surface area contributed by atoms with Gasteiger partial charge in [-0.1, -0.05) is 48.5 Å². The van der Waals surface area contributed by atoms with Gasteiger partial charge in [-0.15, -0.1) is 0 Å². The van der Waals surface area contributed by atoms with Crippen LogP contribution in [-0.2, 0) is 15.7 Å². The van der Waals surface area contributed by atoms with Crippen LogP contribution in [0.15, 0.2) is 66.5 Å². The molecule has 2 aromatic carbocycles. The molecule has 1 aromatic heterocycles. The van der Waals surface area contributed by atoms with Crippen LogP contribution in [-0.4, -0.2) is 27.8 Å². The summed E-state index contributed by atoms with van der Waals surface area (Å²) in [4.78, 5) is 16.9. The Bertz CT molecular complexity index is 1090. The highest BCUT2D eigenvalue weighted by Crippen LogP contribution is 2.43. The molecule has 6 nitrogen and oxygen atoms in total. The minimum absolute atomic E-state index is 0.00778. The molecule has 0 bridgehead atoms. The number of alkyl halides is 3. The van der Waals surface area contributed by atoms with Crippen molar-refractivity contribution in [1.29, 1.82) is 0 Å². The smallest absolute Gasteiger partial charge is 0.416 e. The lowest BCUT2D eigenvalue weighted by atomic mass is 9.90. The fourth-order valence-electron chi connectivity index (χ4n) is 3.40. The second kappa shape index (κ2) is 7.08. The molecule has 1 N–H and O–H groups in total. The third-order valence-electron chi connectivity index (χ3n) is 4.63. The van der Waals surface area contributed by atoms with Crippen LogP contribution in [0.1, 0.15) is 22.7 Å². The monoisotopic (exact) mass is 400 g/mol. The number of benzene rings is 2. The van der Waals surface area contributed by atoms with Crippen LogP contribution < -0.4 is 5.32 Å². The lowest BCUT2D eigenvalue weighted by molar-refractivity contribution is -0.139. The van der Waals surface area contributed by atoms with Crippen LogP contribution in [0.3, 0.4) is 0 Å². The largest absolute Gasteiger partial charge is 0.466 e. The number of rotatable bonds is 3. The number of anilines is 1. The second-order valence-electron chi connectivity index (χ2n) is 6.29. The quantitative estimate of drug-likeness (QED) is 0.676. The summed E-state index contributed by atoms with van der Waals surface area (Å²) < 4.78 is 47.4. The number of methoxy groups -OCH3 is 1. The number of aromatic nitrogens is 3. The zero-order valence-corrected chi connectivity index (χ0v) is 15.1. The Kier molecular flexibility index (Phi) is 4.57. The van der Waals surface area contributed by atoms with E-state index in [1.54, 1.807) is 30.3 Å². The lowest BCUT2D eigenvalue weighted by Crippen LogP contribution is -2.31. The maximum Gasteiger partial charge on any atom is 0.416 e. The van der Waals surface area contributed by atoms with E-state index < -0.39 is 23.8 Å². The van der Waals surface area contributed by atoms with E-state index in [-0.39, 0.29) is 17.1 Å². The van der Waals surface area contributed by atoms with Crippen molar-refractivity contribution in [3.05, 3.63) is 83.2 Å². The van der Waals surface area contributed by atoms with Crippen LogP contribution in [0.2, 0.25) is 0 Å². The molecule has 29 heavy (non-hydrogen) atoms. The van der Waals surface area contributed by atoms with Crippen LogP contribution in [0.5, 0.6) is 0 Å². The average molecular weight is 400 g/mol. The fourth-order valence-corrected chi connectivity index (χ4v) is 3.40. The standard InChI is InChI=1S/C20H15F3N4O2/c1-29-18(28)15-16(12-7-3-2-4-8-12)26-19-24-11-25-27(19)17(15)13-9-5-6-10-14(13)20(21,22)23/h2-11,17H,1H3,(H,24,25,26)/t17-/m0/s1. The number of nitrogens with one attached hydrogen (secondary N) is 1. The van der Waals surface area contributed by atoms with Crippen molar-refractivity contribution >= 4 is 17.6 Å². The summed E-state index contributed by atoms with van der Waals surface area (Å²) in [5, 5.41) is 7.07. The van der Waals surface area contributed by atoms with Crippen LogP contribution in [0, 0.1) is 0 Å². The first-order valence-electron chi connectivity index (χ1n) is 8.62. The van der Waals surface area contributed by atoms with Gasteiger partial charge in [-0.25, -0.2) is 9.48 Å². The van der Waals surface area contributed by atoms with Crippen molar-refractivity contribution in [2.45, 2.75) is 12.2 Å². The molecule has 0 unspecified atom stereocenters. The van der Waals surface area contributed by atoms with Gasteiger partial charge >= 0.3 is 12.1 Å². The summed E-state index contributed by atoms with van der Waals surface area (Å²) in [6, 6.07) is 12.7. The highest BCUT2D eigenvalue weighted by Gasteiger charge is 2.41. The molecule has 0 fully saturated rings. The molecule has 0 aliphatic carbocycles. The number of fused-ring (bicyclic) bond motifs is 1. The maximum atomic E-state index is 13.7. The zero-order valence-electron chi connectivity index (χ0n) is 15.1. The molecule has 0 saturated carbocycles. The summed E-state index contributed by atoms with van der Waals surface area (Å²) >= 11 is 0. The molecule has 0 spiro atoms. The van der Waals surface area contributed by atoms with Gasteiger partial charge in [0, 0.05) is 0 Å². The van der Waals surface area contributed by atoms with Crippen LogP contribution >= 0.6 is 0 Å². The first-order chi connectivity index (χ1) is 13.9. The van der Waals surface area contributed by atoms with Crippen molar-refractivity contribution in [3.63, 3.8) is 0 Å². The van der Waals surface area contributed by atoms with Gasteiger partial charge in [-0.2, -0.15) is 23.3 Å². The van der Waals surface area contributed by atoms with Crippen LogP contribution in [0.4, 0.5) is 19.1 Å². The van der Waals surface area contributed by atoms with Crippen LogP contribution in [0.25, 0.3) is 5.70 Å². The van der Waals surface area contributed by atoms with E-state index in [0.29, 0.717) is 11.3 Å². The molecule has 1 aliphatic rings. The van der Waals surface area contributed by atoms with E-state index in [4.69, 9.17) is 4.74 Å². The molecule has 0 amide bonds. The molecule has 0 radical (unpaired) electrons. The molecule has 148 valence electrons. The minimum atomic E-state index is -4.61. The van der Waals surface area contributed by atoms with Gasteiger partial charge in [-0.3, -0.25) is 0 Å². The van der Waals surface area contributed by atoms with E-state index in [1.165, 1.54) is 36.3 Å². The summed E-state index contributed by atoms with van der Waals surface area (Å²) in [6.45, 7) is 0. The first kappa shape index (κ1) is 18.7. The molecule has 9 heteroatoms. The highest BCUT2D eigenvalue weighted by atomic mass is 19.4. The molecule has 0 saturated heterocycles. The van der Waals surface area contributed by atoms with Crippen molar-refractivity contribution in [2.24, 2.45) is 0 Å². The number of esters is 1. The third-order valence-corrected chi connectivity index (χ3v) is 4.63. The lowest BCUT2D eigenvalue weighted by Gasteiger charge is -2.30. The Morgan fingerprint density at radius 3 is 2.48 bits per heavy atom.